The average molecular weight is 169 g/mol. The van der Waals surface area contributed by atoms with E-state index in [0.717, 1.165) is 0 Å². The number of nitrogens with zero attached hydrogens (tertiary/aromatic N) is 2. The highest BCUT2D eigenvalue weighted by atomic mass is 16.3. The maximum Gasteiger partial charge on any atom is 0.0827 e. The predicted octanol–water partition coefficient (Wildman–Crippen LogP) is 0.581. The smallest absolute Gasteiger partial charge is 0.0827 e. The van der Waals surface area contributed by atoms with Crippen LogP contribution in [-0.2, 0) is 5.54 Å². The molecule has 0 saturated heterocycles. The van der Waals surface area contributed by atoms with Gasteiger partial charge in [0, 0.05) is 6.20 Å². The normalized spacial score (nSPS) is 14.7. The molecule has 0 aliphatic heterocycles. The van der Waals surface area contributed by atoms with Crippen LogP contribution in [0, 0.1) is 0 Å². The molecule has 68 valence electrons. The summed E-state index contributed by atoms with van der Waals surface area (Å²) in [5.41, 5.74) is 5.72. The molecule has 1 unspecified atom stereocenters. The lowest BCUT2D eigenvalue weighted by Gasteiger charge is -2.28. The van der Waals surface area contributed by atoms with Crippen molar-refractivity contribution in [1.29, 1.82) is 0 Å². The third-order valence-corrected chi connectivity index (χ3v) is 2.22. The minimum absolute atomic E-state index is 0.405. The van der Waals surface area contributed by atoms with Gasteiger partial charge in [-0.1, -0.05) is 0 Å². The lowest BCUT2D eigenvalue weighted by Crippen LogP contribution is -2.37. The molecule has 0 aliphatic rings. The first kappa shape index (κ1) is 9.06. The van der Waals surface area contributed by atoms with Crippen LogP contribution in [0.3, 0.4) is 0 Å². The van der Waals surface area contributed by atoms with Crippen molar-refractivity contribution in [1.82, 2.24) is 9.78 Å². The summed E-state index contributed by atoms with van der Waals surface area (Å²) < 4.78 is 1.67. The lowest BCUT2D eigenvalue weighted by atomic mass is 9.99. The van der Waals surface area contributed by atoms with E-state index < -0.39 is 11.6 Å². The maximum atomic E-state index is 9.44. The lowest BCUT2D eigenvalue weighted by molar-refractivity contribution is 0.0647. The summed E-state index contributed by atoms with van der Waals surface area (Å²) in [5, 5.41) is 13.5. The van der Waals surface area contributed by atoms with Crippen molar-refractivity contribution >= 4 is 5.69 Å². The summed E-state index contributed by atoms with van der Waals surface area (Å²) in [4.78, 5) is 0. The highest BCUT2D eigenvalue weighted by molar-refractivity contribution is 5.30. The van der Waals surface area contributed by atoms with Crippen LogP contribution >= 0.6 is 0 Å². The van der Waals surface area contributed by atoms with Gasteiger partial charge in [-0.05, 0) is 20.8 Å². The van der Waals surface area contributed by atoms with Crippen molar-refractivity contribution in [2.24, 2.45) is 0 Å². The zero-order chi connectivity index (χ0) is 9.35. The molecule has 3 N–H and O–H groups in total. The number of aliphatic hydroxyl groups excluding tert-OH is 1. The van der Waals surface area contributed by atoms with Gasteiger partial charge in [0.2, 0.25) is 0 Å². The summed E-state index contributed by atoms with van der Waals surface area (Å²) in [7, 11) is 0. The van der Waals surface area contributed by atoms with Gasteiger partial charge in [0.1, 0.15) is 0 Å². The van der Waals surface area contributed by atoms with Gasteiger partial charge in [-0.25, -0.2) is 0 Å². The van der Waals surface area contributed by atoms with E-state index in [9.17, 15) is 5.11 Å². The molecule has 1 aromatic rings. The van der Waals surface area contributed by atoms with Crippen molar-refractivity contribution in [3.8, 4) is 0 Å². The van der Waals surface area contributed by atoms with Crippen molar-refractivity contribution in [3.63, 3.8) is 0 Å². The fraction of sp³-hybridized carbons (Fsp3) is 0.625. The number of hydrogen-bond donors (Lipinski definition) is 2. The monoisotopic (exact) mass is 169 g/mol. The molecule has 1 atom stereocenters. The second-order valence-electron chi connectivity index (χ2n) is 3.55. The van der Waals surface area contributed by atoms with Crippen molar-refractivity contribution in [3.05, 3.63) is 12.4 Å². The Balaban J connectivity index is 2.97. The van der Waals surface area contributed by atoms with Gasteiger partial charge < -0.3 is 10.8 Å². The van der Waals surface area contributed by atoms with Crippen LogP contribution in [0.5, 0.6) is 0 Å². The van der Waals surface area contributed by atoms with Crippen LogP contribution in [0.2, 0.25) is 0 Å². The first-order valence-corrected chi connectivity index (χ1v) is 3.93. The third-order valence-electron chi connectivity index (χ3n) is 2.22. The Kier molecular flexibility index (Phi) is 2.10. The summed E-state index contributed by atoms with van der Waals surface area (Å²) in [6, 6.07) is 0. The van der Waals surface area contributed by atoms with E-state index in [1.54, 1.807) is 24.0 Å². The van der Waals surface area contributed by atoms with E-state index in [2.05, 4.69) is 5.10 Å². The topological polar surface area (TPSA) is 64.1 Å². The van der Waals surface area contributed by atoms with Crippen LogP contribution in [-0.4, -0.2) is 21.0 Å². The number of aliphatic hydroxyl groups is 1. The maximum absolute atomic E-state index is 9.44. The molecule has 0 amide bonds. The fourth-order valence-corrected chi connectivity index (χ4v) is 0.843. The number of rotatable bonds is 2. The van der Waals surface area contributed by atoms with Crippen molar-refractivity contribution in [2.45, 2.75) is 32.4 Å². The van der Waals surface area contributed by atoms with Crippen LogP contribution < -0.4 is 5.73 Å². The second-order valence-corrected chi connectivity index (χ2v) is 3.55. The van der Waals surface area contributed by atoms with Crippen molar-refractivity contribution < 1.29 is 5.11 Å². The number of anilines is 1. The highest BCUT2D eigenvalue weighted by Crippen LogP contribution is 2.19. The Morgan fingerprint density at radius 1 is 1.67 bits per heavy atom. The first-order chi connectivity index (χ1) is 5.44. The summed E-state index contributed by atoms with van der Waals surface area (Å²) >= 11 is 0. The predicted molar refractivity (Wildman–Crippen MR) is 47.6 cm³/mol. The third kappa shape index (κ3) is 1.43. The van der Waals surface area contributed by atoms with Gasteiger partial charge in [0.25, 0.3) is 0 Å². The van der Waals surface area contributed by atoms with E-state index in [-0.39, 0.29) is 0 Å². The molecule has 1 heterocycles. The molecule has 4 nitrogen and oxygen atoms in total. The number of hydrogen-bond acceptors (Lipinski definition) is 3. The van der Waals surface area contributed by atoms with Crippen LogP contribution in [0.4, 0.5) is 5.69 Å². The average Bonchev–Trinajstić information content (AvgIpc) is 2.35. The molecule has 4 heteroatoms. The number of nitrogens with two attached hydrogens (primary N) is 1. The molecule has 0 spiro atoms. The van der Waals surface area contributed by atoms with Crippen LogP contribution in [0.25, 0.3) is 0 Å². The van der Waals surface area contributed by atoms with E-state index >= 15 is 0 Å². The van der Waals surface area contributed by atoms with E-state index in [0.29, 0.717) is 5.69 Å². The van der Waals surface area contributed by atoms with Crippen LogP contribution in [0.15, 0.2) is 12.4 Å². The molecular weight excluding hydrogens is 154 g/mol. The fourth-order valence-electron chi connectivity index (χ4n) is 0.843. The second kappa shape index (κ2) is 2.79. The molecule has 0 fully saturated rings. The summed E-state index contributed by atoms with van der Waals surface area (Å²) in [6.45, 7) is 5.55. The first-order valence-electron chi connectivity index (χ1n) is 3.93. The Bertz CT molecular complexity index is 265. The van der Waals surface area contributed by atoms with E-state index in [1.807, 2.05) is 13.8 Å². The molecule has 0 saturated carbocycles. The van der Waals surface area contributed by atoms with E-state index in [1.165, 1.54) is 0 Å². The SMILES string of the molecule is CC(O)C(C)(C)n1cc(N)cn1. The quantitative estimate of drug-likeness (QED) is 0.680. The molecule has 1 rings (SSSR count). The van der Waals surface area contributed by atoms with Gasteiger partial charge in [0.15, 0.2) is 0 Å². The molecule has 0 bridgehead atoms. The Hall–Kier alpha value is -1.03. The molecule has 0 radical (unpaired) electrons. The summed E-state index contributed by atoms with van der Waals surface area (Å²) in [5.74, 6) is 0. The number of nitrogen functional groups attached to an aromatic ring is 1. The molecule has 1 aromatic heterocycles. The van der Waals surface area contributed by atoms with Gasteiger partial charge in [-0.3, -0.25) is 4.68 Å². The Labute approximate surface area is 72.0 Å². The van der Waals surface area contributed by atoms with E-state index in [4.69, 9.17) is 5.73 Å². The molecular formula is C8H15N3O. The van der Waals surface area contributed by atoms with Crippen LogP contribution in [0.1, 0.15) is 20.8 Å². The van der Waals surface area contributed by atoms with Gasteiger partial charge in [-0.15, -0.1) is 0 Å². The van der Waals surface area contributed by atoms with Gasteiger partial charge in [0.05, 0.1) is 23.5 Å². The number of aromatic nitrogens is 2. The molecule has 12 heavy (non-hydrogen) atoms. The van der Waals surface area contributed by atoms with Gasteiger partial charge >= 0.3 is 0 Å². The Morgan fingerprint density at radius 3 is 2.58 bits per heavy atom. The minimum atomic E-state index is -0.461. The minimum Gasteiger partial charge on any atom is -0.396 e. The highest BCUT2D eigenvalue weighted by Gasteiger charge is 2.26. The molecule has 0 aliphatic carbocycles. The standard InChI is InChI=1S/C8H15N3O/c1-6(12)8(2,3)11-5-7(9)4-10-11/h4-6,12H,9H2,1-3H3. The Morgan fingerprint density at radius 2 is 2.25 bits per heavy atom. The van der Waals surface area contributed by atoms with Gasteiger partial charge in [-0.2, -0.15) is 5.10 Å². The summed E-state index contributed by atoms with van der Waals surface area (Å²) in [6.07, 6.45) is 2.83. The zero-order valence-corrected chi connectivity index (χ0v) is 7.65. The largest absolute Gasteiger partial charge is 0.396 e. The molecule has 0 aromatic carbocycles. The van der Waals surface area contributed by atoms with Crippen molar-refractivity contribution in [2.75, 3.05) is 5.73 Å². The zero-order valence-electron chi connectivity index (χ0n) is 7.65.